The Kier molecular flexibility index (Phi) is 2.13. The summed E-state index contributed by atoms with van der Waals surface area (Å²) in [6.45, 7) is 0. The summed E-state index contributed by atoms with van der Waals surface area (Å²) >= 11 is 0. The Morgan fingerprint density at radius 1 is 1.31 bits per heavy atom. The smallest absolute Gasteiger partial charge is 0.117 e. The fourth-order valence-corrected chi connectivity index (χ4v) is 2.89. The number of benzene rings is 1. The van der Waals surface area contributed by atoms with Crippen LogP contribution in [0.25, 0.3) is 10.9 Å². The van der Waals surface area contributed by atoms with Crippen LogP contribution in [0.5, 0.6) is 5.75 Å². The molecule has 1 aromatic heterocycles. The molecule has 1 saturated carbocycles. The van der Waals surface area contributed by atoms with Crippen LogP contribution in [-0.4, -0.2) is 14.9 Å². The minimum atomic E-state index is 0.295. The third-order valence-corrected chi connectivity index (χ3v) is 3.61. The molecule has 84 valence electrons. The summed E-state index contributed by atoms with van der Waals surface area (Å²) in [5.74, 6) is 0.947. The number of hydrogen-bond acceptors (Lipinski definition) is 2. The van der Waals surface area contributed by atoms with E-state index in [1.165, 1.54) is 36.8 Å². The number of hydrogen-bond donors (Lipinski definition) is 1. The molecule has 0 radical (unpaired) electrons. The van der Waals surface area contributed by atoms with Crippen molar-refractivity contribution in [1.29, 1.82) is 0 Å². The van der Waals surface area contributed by atoms with Gasteiger partial charge in [0.15, 0.2) is 0 Å². The van der Waals surface area contributed by atoms with E-state index in [1.807, 2.05) is 17.8 Å². The van der Waals surface area contributed by atoms with Gasteiger partial charge in [-0.05, 0) is 25.0 Å². The maximum absolute atomic E-state index is 9.45. The number of aromatic nitrogens is 2. The molecule has 0 spiro atoms. The maximum Gasteiger partial charge on any atom is 0.117 e. The lowest BCUT2D eigenvalue weighted by atomic mass is 10.0. The van der Waals surface area contributed by atoms with Crippen molar-refractivity contribution in [3.8, 4) is 5.75 Å². The van der Waals surface area contributed by atoms with E-state index in [4.69, 9.17) is 0 Å². The van der Waals surface area contributed by atoms with E-state index in [0.29, 0.717) is 11.7 Å². The van der Waals surface area contributed by atoms with Crippen molar-refractivity contribution >= 4 is 10.9 Å². The van der Waals surface area contributed by atoms with E-state index in [2.05, 4.69) is 5.10 Å². The zero-order valence-corrected chi connectivity index (χ0v) is 9.48. The molecule has 0 aliphatic heterocycles. The molecule has 1 fully saturated rings. The Hall–Kier alpha value is -1.51. The quantitative estimate of drug-likeness (QED) is 0.795. The highest BCUT2D eigenvalue weighted by atomic mass is 16.3. The van der Waals surface area contributed by atoms with Crippen LogP contribution >= 0.6 is 0 Å². The number of phenolic OH excluding ortho intramolecular Hbond substituents is 1. The number of phenols is 1. The SMILES string of the molecule is Cn1nc2cc(O)ccc2c1C1CCCC1. The molecule has 16 heavy (non-hydrogen) atoms. The Morgan fingerprint density at radius 3 is 2.81 bits per heavy atom. The van der Waals surface area contributed by atoms with Gasteiger partial charge in [0, 0.05) is 30.1 Å². The van der Waals surface area contributed by atoms with Crippen molar-refractivity contribution in [1.82, 2.24) is 9.78 Å². The third kappa shape index (κ3) is 1.39. The predicted octanol–water partition coefficient (Wildman–Crippen LogP) is 2.94. The highest BCUT2D eigenvalue weighted by Crippen LogP contribution is 2.37. The monoisotopic (exact) mass is 216 g/mol. The fraction of sp³-hybridized carbons (Fsp3) is 0.462. The normalized spacial score (nSPS) is 17.3. The van der Waals surface area contributed by atoms with Crippen LogP contribution in [0.15, 0.2) is 18.2 Å². The van der Waals surface area contributed by atoms with Crippen molar-refractivity contribution < 1.29 is 5.11 Å². The number of aromatic hydroxyl groups is 1. The molecule has 1 aromatic carbocycles. The lowest BCUT2D eigenvalue weighted by Gasteiger charge is -2.09. The van der Waals surface area contributed by atoms with Crippen molar-refractivity contribution in [3.63, 3.8) is 0 Å². The van der Waals surface area contributed by atoms with Crippen LogP contribution in [0.1, 0.15) is 37.3 Å². The number of rotatable bonds is 1. The lowest BCUT2D eigenvalue weighted by molar-refractivity contribution is 0.476. The molecule has 1 aliphatic rings. The van der Waals surface area contributed by atoms with E-state index in [0.717, 1.165) is 5.52 Å². The molecule has 0 atom stereocenters. The molecule has 3 rings (SSSR count). The molecular formula is C13H16N2O. The summed E-state index contributed by atoms with van der Waals surface area (Å²) in [6, 6.07) is 5.49. The minimum absolute atomic E-state index is 0.295. The van der Waals surface area contributed by atoms with Crippen molar-refractivity contribution in [2.45, 2.75) is 31.6 Å². The third-order valence-electron chi connectivity index (χ3n) is 3.61. The summed E-state index contributed by atoms with van der Waals surface area (Å²) in [4.78, 5) is 0. The molecule has 1 N–H and O–H groups in total. The van der Waals surface area contributed by atoms with Crippen molar-refractivity contribution in [3.05, 3.63) is 23.9 Å². The predicted molar refractivity (Wildman–Crippen MR) is 63.6 cm³/mol. The fourth-order valence-electron chi connectivity index (χ4n) is 2.89. The second-order valence-corrected chi connectivity index (χ2v) is 4.69. The summed E-state index contributed by atoms with van der Waals surface area (Å²) in [5, 5.41) is 15.1. The van der Waals surface area contributed by atoms with E-state index < -0.39 is 0 Å². The van der Waals surface area contributed by atoms with Gasteiger partial charge in [-0.2, -0.15) is 5.10 Å². The molecule has 0 saturated heterocycles. The van der Waals surface area contributed by atoms with Crippen LogP contribution in [-0.2, 0) is 7.05 Å². The van der Waals surface area contributed by atoms with E-state index >= 15 is 0 Å². The van der Waals surface area contributed by atoms with Gasteiger partial charge < -0.3 is 5.11 Å². The molecule has 0 bridgehead atoms. The highest BCUT2D eigenvalue weighted by Gasteiger charge is 2.22. The van der Waals surface area contributed by atoms with Crippen LogP contribution in [0.4, 0.5) is 0 Å². The average Bonchev–Trinajstić information content (AvgIpc) is 2.83. The molecule has 1 aliphatic carbocycles. The Balaban J connectivity index is 2.18. The van der Waals surface area contributed by atoms with Crippen molar-refractivity contribution in [2.75, 3.05) is 0 Å². The first kappa shape index (κ1) is 9.70. The number of aryl methyl sites for hydroxylation is 1. The van der Waals surface area contributed by atoms with Crippen LogP contribution in [0.2, 0.25) is 0 Å². The van der Waals surface area contributed by atoms with Crippen LogP contribution in [0, 0.1) is 0 Å². The Labute approximate surface area is 94.7 Å². The molecule has 3 heteroatoms. The highest BCUT2D eigenvalue weighted by molar-refractivity contribution is 5.83. The first-order valence-corrected chi connectivity index (χ1v) is 5.91. The van der Waals surface area contributed by atoms with Crippen LogP contribution in [0.3, 0.4) is 0 Å². The second-order valence-electron chi connectivity index (χ2n) is 4.69. The van der Waals surface area contributed by atoms with Gasteiger partial charge in [-0.1, -0.05) is 12.8 Å². The van der Waals surface area contributed by atoms with Crippen LogP contribution < -0.4 is 0 Å². The van der Waals surface area contributed by atoms with Gasteiger partial charge in [0.25, 0.3) is 0 Å². The van der Waals surface area contributed by atoms with Gasteiger partial charge in [0.1, 0.15) is 5.75 Å². The first-order chi connectivity index (χ1) is 7.75. The first-order valence-electron chi connectivity index (χ1n) is 5.91. The van der Waals surface area contributed by atoms with Gasteiger partial charge in [-0.25, -0.2) is 0 Å². The van der Waals surface area contributed by atoms with Gasteiger partial charge in [0.2, 0.25) is 0 Å². The van der Waals surface area contributed by atoms with E-state index in [-0.39, 0.29) is 0 Å². The van der Waals surface area contributed by atoms with Gasteiger partial charge in [-0.3, -0.25) is 4.68 Å². The zero-order chi connectivity index (χ0) is 11.1. The summed E-state index contributed by atoms with van der Waals surface area (Å²) in [6.07, 6.45) is 5.20. The Bertz CT molecular complexity index is 524. The summed E-state index contributed by atoms with van der Waals surface area (Å²) in [7, 11) is 2.00. The minimum Gasteiger partial charge on any atom is -0.508 e. The van der Waals surface area contributed by atoms with E-state index in [1.54, 1.807) is 12.1 Å². The topological polar surface area (TPSA) is 38.0 Å². The largest absolute Gasteiger partial charge is 0.508 e. The van der Waals surface area contributed by atoms with Crippen molar-refractivity contribution in [2.24, 2.45) is 7.05 Å². The molecule has 2 aromatic rings. The zero-order valence-electron chi connectivity index (χ0n) is 9.48. The molecular weight excluding hydrogens is 200 g/mol. The standard InChI is InChI=1S/C13H16N2O/c1-15-13(9-4-2-3-5-9)11-7-6-10(16)8-12(11)14-15/h6-9,16H,2-5H2,1H3. The van der Waals surface area contributed by atoms with E-state index in [9.17, 15) is 5.11 Å². The van der Waals surface area contributed by atoms with Gasteiger partial charge in [0.05, 0.1) is 5.52 Å². The summed E-state index contributed by atoms with van der Waals surface area (Å²) < 4.78 is 1.99. The van der Waals surface area contributed by atoms with Gasteiger partial charge >= 0.3 is 0 Å². The second kappa shape index (κ2) is 3.51. The molecule has 0 amide bonds. The average molecular weight is 216 g/mol. The Morgan fingerprint density at radius 2 is 2.06 bits per heavy atom. The summed E-state index contributed by atoms with van der Waals surface area (Å²) in [5.41, 5.74) is 2.25. The maximum atomic E-state index is 9.45. The number of nitrogens with zero attached hydrogens (tertiary/aromatic N) is 2. The molecule has 3 nitrogen and oxygen atoms in total. The lowest BCUT2D eigenvalue weighted by Crippen LogP contribution is -2.02. The molecule has 1 heterocycles. The number of fused-ring (bicyclic) bond motifs is 1. The molecule has 0 unspecified atom stereocenters. The van der Waals surface area contributed by atoms with Gasteiger partial charge in [-0.15, -0.1) is 0 Å².